The molecule has 0 saturated heterocycles. The largest absolute Gasteiger partial charge is 0.494 e. The Balaban J connectivity index is 2.08. The first-order valence-corrected chi connectivity index (χ1v) is 5.48. The molecule has 15 heavy (non-hydrogen) atoms. The van der Waals surface area contributed by atoms with E-state index in [-0.39, 0.29) is 0 Å². The molecule has 84 valence electrons. The van der Waals surface area contributed by atoms with Crippen LogP contribution in [0.15, 0.2) is 30.3 Å². The number of benzene rings is 1. The van der Waals surface area contributed by atoms with Gasteiger partial charge in [-0.1, -0.05) is 18.2 Å². The van der Waals surface area contributed by atoms with Crippen LogP contribution in [-0.4, -0.2) is 17.3 Å². The molecule has 2 nitrogen and oxygen atoms in total. The molecule has 0 atom stereocenters. The maximum Gasteiger partial charge on any atom is 0.119 e. The van der Waals surface area contributed by atoms with Crippen LogP contribution in [0.2, 0.25) is 0 Å². The second-order valence-electron chi connectivity index (χ2n) is 4.43. The van der Waals surface area contributed by atoms with Crippen LogP contribution in [0.25, 0.3) is 0 Å². The Morgan fingerprint density at radius 2 is 1.80 bits per heavy atom. The molecule has 0 radical (unpaired) electrons. The lowest BCUT2D eigenvalue weighted by Crippen LogP contribution is -2.18. The molecule has 1 rings (SSSR count). The van der Waals surface area contributed by atoms with Gasteiger partial charge in [0.15, 0.2) is 0 Å². The normalized spacial score (nSPS) is 11.4. The fraction of sp³-hybridized carbons (Fsp3) is 0.538. The molecule has 0 heterocycles. The highest BCUT2D eigenvalue weighted by Crippen LogP contribution is 2.13. The first-order chi connectivity index (χ1) is 7.08. The van der Waals surface area contributed by atoms with Crippen molar-refractivity contribution in [3.8, 4) is 5.75 Å². The third-order valence-corrected chi connectivity index (χ3v) is 2.19. The summed E-state index contributed by atoms with van der Waals surface area (Å²) in [5.41, 5.74) is -0.549. The van der Waals surface area contributed by atoms with E-state index in [1.807, 2.05) is 44.2 Å². The van der Waals surface area contributed by atoms with Crippen molar-refractivity contribution in [3.63, 3.8) is 0 Å². The quantitative estimate of drug-likeness (QED) is 0.728. The molecule has 0 spiro atoms. The van der Waals surface area contributed by atoms with Crippen LogP contribution in [0.1, 0.15) is 33.1 Å². The summed E-state index contributed by atoms with van der Waals surface area (Å²) < 4.78 is 5.54. The fourth-order valence-electron chi connectivity index (χ4n) is 1.37. The standard InChI is InChI=1S/C13H20O2/c1-13(2,14)10-6-7-11-15-12-8-4-3-5-9-12/h3-5,8-9,14H,6-7,10-11H2,1-2H3. The molecular weight excluding hydrogens is 188 g/mol. The van der Waals surface area contributed by atoms with Gasteiger partial charge in [-0.05, 0) is 45.2 Å². The number of rotatable bonds is 6. The summed E-state index contributed by atoms with van der Waals surface area (Å²) in [5.74, 6) is 0.917. The van der Waals surface area contributed by atoms with Crippen LogP contribution < -0.4 is 4.74 Å². The summed E-state index contributed by atoms with van der Waals surface area (Å²) in [4.78, 5) is 0. The Morgan fingerprint density at radius 1 is 1.13 bits per heavy atom. The first kappa shape index (κ1) is 12.1. The van der Waals surface area contributed by atoms with Crippen molar-refractivity contribution >= 4 is 0 Å². The highest BCUT2D eigenvalue weighted by atomic mass is 16.5. The van der Waals surface area contributed by atoms with Gasteiger partial charge in [0.2, 0.25) is 0 Å². The molecule has 1 N–H and O–H groups in total. The molecular formula is C13H20O2. The van der Waals surface area contributed by atoms with Crippen LogP contribution in [0.3, 0.4) is 0 Å². The van der Waals surface area contributed by atoms with E-state index >= 15 is 0 Å². The van der Waals surface area contributed by atoms with Gasteiger partial charge in [-0.25, -0.2) is 0 Å². The van der Waals surface area contributed by atoms with Gasteiger partial charge in [-0.2, -0.15) is 0 Å². The molecule has 1 aromatic carbocycles. The van der Waals surface area contributed by atoms with Gasteiger partial charge in [0, 0.05) is 0 Å². The van der Waals surface area contributed by atoms with Crippen molar-refractivity contribution in [1.29, 1.82) is 0 Å². The van der Waals surface area contributed by atoms with Crippen LogP contribution in [-0.2, 0) is 0 Å². The lowest BCUT2D eigenvalue weighted by molar-refractivity contribution is 0.0670. The van der Waals surface area contributed by atoms with E-state index < -0.39 is 5.60 Å². The average Bonchev–Trinajstić information content (AvgIpc) is 2.17. The lowest BCUT2D eigenvalue weighted by atomic mass is 10.0. The zero-order chi connectivity index (χ0) is 11.1. The van der Waals surface area contributed by atoms with Crippen molar-refractivity contribution in [2.45, 2.75) is 38.7 Å². The van der Waals surface area contributed by atoms with Gasteiger partial charge in [0.25, 0.3) is 0 Å². The Morgan fingerprint density at radius 3 is 2.40 bits per heavy atom. The zero-order valence-corrected chi connectivity index (χ0v) is 9.57. The summed E-state index contributed by atoms with van der Waals surface area (Å²) in [6.07, 6.45) is 2.81. The Labute approximate surface area is 91.9 Å². The van der Waals surface area contributed by atoms with Crippen molar-refractivity contribution < 1.29 is 9.84 Å². The summed E-state index contributed by atoms with van der Waals surface area (Å²) >= 11 is 0. The summed E-state index contributed by atoms with van der Waals surface area (Å²) in [6.45, 7) is 4.40. The smallest absolute Gasteiger partial charge is 0.119 e. The molecule has 2 heteroatoms. The van der Waals surface area contributed by atoms with Crippen molar-refractivity contribution in [2.24, 2.45) is 0 Å². The van der Waals surface area contributed by atoms with E-state index in [4.69, 9.17) is 4.74 Å². The second kappa shape index (κ2) is 5.76. The summed E-state index contributed by atoms with van der Waals surface area (Å²) in [7, 11) is 0. The SMILES string of the molecule is CC(C)(O)CCCCOc1ccccc1. The molecule has 0 saturated carbocycles. The van der Waals surface area contributed by atoms with E-state index in [0.29, 0.717) is 0 Å². The van der Waals surface area contributed by atoms with Crippen molar-refractivity contribution in [1.82, 2.24) is 0 Å². The molecule has 0 fully saturated rings. The Bertz CT molecular complexity index is 262. The highest BCUT2D eigenvalue weighted by Gasteiger charge is 2.10. The van der Waals surface area contributed by atoms with Crippen LogP contribution in [0.4, 0.5) is 0 Å². The third kappa shape index (κ3) is 6.13. The van der Waals surface area contributed by atoms with Crippen molar-refractivity contribution in [3.05, 3.63) is 30.3 Å². The van der Waals surface area contributed by atoms with Gasteiger partial charge in [-0.3, -0.25) is 0 Å². The van der Waals surface area contributed by atoms with E-state index in [9.17, 15) is 5.11 Å². The first-order valence-electron chi connectivity index (χ1n) is 5.48. The highest BCUT2D eigenvalue weighted by molar-refractivity contribution is 5.20. The predicted molar refractivity (Wildman–Crippen MR) is 62.1 cm³/mol. The zero-order valence-electron chi connectivity index (χ0n) is 9.57. The van der Waals surface area contributed by atoms with E-state index in [1.165, 1.54) is 0 Å². The Hall–Kier alpha value is -1.02. The number of aliphatic hydroxyl groups is 1. The fourth-order valence-corrected chi connectivity index (χ4v) is 1.37. The number of unbranched alkanes of at least 4 members (excludes halogenated alkanes) is 1. The molecule has 0 unspecified atom stereocenters. The van der Waals surface area contributed by atoms with Gasteiger partial charge in [0.1, 0.15) is 5.75 Å². The molecule has 0 aromatic heterocycles. The maximum absolute atomic E-state index is 9.49. The summed E-state index contributed by atoms with van der Waals surface area (Å²) in [5, 5.41) is 9.49. The van der Waals surface area contributed by atoms with Gasteiger partial charge in [-0.15, -0.1) is 0 Å². The number of hydrogen-bond donors (Lipinski definition) is 1. The number of hydrogen-bond acceptors (Lipinski definition) is 2. The monoisotopic (exact) mass is 208 g/mol. The second-order valence-corrected chi connectivity index (χ2v) is 4.43. The third-order valence-electron chi connectivity index (χ3n) is 2.19. The van der Waals surface area contributed by atoms with Gasteiger partial charge >= 0.3 is 0 Å². The van der Waals surface area contributed by atoms with E-state index in [0.717, 1.165) is 31.6 Å². The minimum atomic E-state index is -0.549. The minimum absolute atomic E-state index is 0.549. The summed E-state index contributed by atoms with van der Waals surface area (Å²) in [6, 6.07) is 9.81. The molecule has 0 bridgehead atoms. The molecule has 0 aliphatic carbocycles. The maximum atomic E-state index is 9.49. The number of ether oxygens (including phenoxy) is 1. The van der Waals surface area contributed by atoms with Crippen LogP contribution in [0.5, 0.6) is 5.75 Å². The van der Waals surface area contributed by atoms with Gasteiger partial charge in [0.05, 0.1) is 12.2 Å². The number of para-hydroxylation sites is 1. The van der Waals surface area contributed by atoms with Gasteiger partial charge < -0.3 is 9.84 Å². The molecule has 0 amide bonds. The minimum Gasteiger partial charge on any atom is -0.494 e. The van der Waals surface area contributed by atoms with Crippen LogP contribution >= 0.6 is 0 Å². The van der Waals surface area contributed by atoms with Crippen molar-refractivity contribution in [2.75, 3.05) is 6.61 Å². The predicted octanol–water partition coefficient (Wildman–Crippen LogP) is 3.01. The molecule has 0 aliphatic heterocycles. The Kier molecular flexibility index (Phi) is 4.63. The average molecular weight is 208 g/mol. The van der Waals surface area contributed by atoms with E-state index in [1.54, 1.807) is 0 Å². The van der Waals surface area contributed by atoms with E-state index in [2.05, 4.69) is 0 Å². The van der Waals surface area contributed by atoms with Crippen LogP contribution in [0, 0.1) is 0 Å². The lowest BCUT2D eigenvalue weighted by Gasteiger charge is -2.16. The topological polar surface area (TPSA) is 29.5 Å². The molecule has 0 aliphatic rings. The molecule has 1 aromatic rings.